The molecule has 0 unspecified atom stereocenters. The van der Waals surface area contributed by atoms with E-state index < -0.39 is 0 Å². The first-order chi connectivity index (χ1) is 12.3. The summed E-state index contributed by atoms with van der Waals surface area (Å²) in [5, 5.41) is 8.63. The van der Waals surface area contributed by atoms with Gasteiger partial charge in [-0.15, -0.1) is 10.2 Å². The minimum absolute atomic E-state index is 0.740. The molecule has 124 valence electrons. The maximum absolute atomic E-state index is 5.48. The lowest BCUT2D eigenvalue weighted by Crippen LogP contribution is -1.94. The van der Waals surface area contributed by atoms with Crippen molar-refractivity contribution in [2.24, 2.45) is 0 Å². The van der Waals surface area contributed by atoms with Crippen LogP contribution in [0, 0.1) is 0 Å². The van der Waals surface area contributed by atoms with Gasteiger partial charge in [0.05, 0.1) is 19.8 Å². The lowest BCUT2D eigenvalue weighted by atomic mass is 10.1. The van der Waals surface area contributed by atoms with Crippen LogP contribution in [0.2, 0.25) is 0 Å². The summed E-state index contributed by atoms with van der Waals surface area (Å²) in [6, 6.07) is 19.7. The summed E-state index contributed by atoms with van der Waals surface area (Å²) >= 11 is 0. The van der Waals surface area contributed by atoms with E-state index in [4.69, 9.17) is 9.47 Å². The van der Waals surface area contributed by atoms with Crippen molar-refractivity contribution in [3.05, 3.63) is 66.9 Å². The Morgan fingerprint density at radius 1 is 0.720 bits per heavy atom. The number of methoxy groups -OCH3 is 2. The fourth-order valence-electron chi connectivity index (χ4n) is 2.95. The molecule has 0 amide bonds. The lowest BCUT2D eigenvalue weighted by Gasteiger charge is -2.10. The second-order valence-electron chi connectivity index (χ2n) is 5.57. The third kappa shape index (κ3) is 2.59. The van der Waals surface area contributed by atoms with Crippen LogP contribution in [0.1, 0.15) is 0 Å². The summed E-state index contributed by atoms with van der Waals surface area (Å²) in [6.45, 7) is 0. The molecule has 0 atom stereocenters. The van der Waals surface area contributed by atoms with Crippen molar-refractivity contribution in [2.75, 3.05) is 14.2 Å². The van der Waals surface area contributed by atoms with Crippen LogP contribution in [-0.2, 0) is 0 Å². The van der Waals surface area contributed by atoms with E-state index in [1.807, 2.05) is 71.3 Å². The molecule has 0 aliphatic heterocycles. The molecule has 4 rings (SSSR count). The summed E-state index contributed by atoms with van der Waals surface area (Å²) in [6.07, 6.45) is 2.02. The lowest BCUT2D eigenvalue weighted by molar-refractivity contribution is 0.416. The van der Waals surface area contributed by atoms with Crippen LogP contribution in [0.25, 0.3) is 28.2 Å². The third-order valence-electron chi connectivity index (χ3n) is 4.17. The molecule has 0 aliphatic carbocycles. The zero-order chi connectivity index (χ0) is 17.2. The summed E-state index contributed by atoms with van der Waals surface area (Å²) in [5.41, 5.74) is 3.72. The highest BCUT2D eigenvalue weighted by molar-refractivity contribution is 5.73. The number of para-hydroxylation sites is 2. The van der Waals surface area contributed by atoms with Gasteiger partial charge in [-0.05, 0) is 30.3 Å². The molecule has 0 bridgehead atoms. The van der Waals surface area contributed by atoms with Gasteiger partial charge < -0.3 is 9.47 Å². The van der Waals surface area contributed by atoms with Crippen molar-refractivity contribution in [3.63, 3.8) is 0 Å². The first-order valence-electron chi connectivity index (χ1n) is 7.93. The van der Waals surface area contributed by atoms with Crippen LogP contribution < -0.4 is 9.47 Å². The fourth-order valence-corrected chi connectivity index (χ4v) is 2.95. The van der Waals surface area contributed by atoms with E-state index in [1.54, 1.807) is 14.2 Å². The second kappa shape index (κ2) is 6.28. The van der Waals surface area contributed by atoms with E-state index in [9.17, 15) is 0 Å². The molecule has 0 radical (unpaired) electrons. The first kappa shape index (κ1) is 15.2. The van der Waals surface area contributed by atoms with E-state index >= 15 is 0 Å². The fraction of sp³-hybridized carbons (Fsp3) is 0.100. The number of ether oxygens (including phenoxy) is 2. The largest absolute Gasteiger partial charge is 0.496 e. The molecular formula is C20H17N3O2. The van der Waals surface area contributed by atoms with Gasteiger partial charge in [-0.1, -0.05) is 30.3 Å². The van der Waals surface area contributed by atoms with Gasteiger partial charge >= 0.3 is 0 Å². The van der Waals surface area contributed by atoms with Crippen LogP contribution in [0.15, 0.2) is 66.9 Å². The number of hydrogen-bond donors (Lipinski definition) is 0. The van der Waals surface area contributed by atoms with Crippen LogP contribution in [0.3, 0.4) is 0 Å². The maximum atomic E-state index is 5.48. The van der Waals surface area contributed by atoms with Crippen molar-refractivity contribution >= 4 is 5.65 Å². The number of benzene rings is 2. The number of rotatable bonds is 4. The van der Waals surface area contributed by atoms with Gasteiger partial charge in [0.2, 0.25) is 0 Å². The van der Waals surface area contributed by atoms with Gasteiger partial charge in [-0.2, -0.15) is 0 Å². The van der Waals surface area contributed by atoms with Gasteiger partial charge in [-0.25, -0.2) is 0 Å². The van der Waals surface area contributed by atoms with Crippen molar-refractivity contribution in [1.82, 2.24) is 14.6 Å². The number of nitrogens with zero attached hydrogens (tertiary/aromatic N) is 3. The van der Waals surface area contributed by atoms with Crippen molar-refractivity contribution in [2.45, 2.75) is 0 Å². The molecule has 2 aromatic carbocycles. The molecule has 0 spiro atoms. The predicted octanol–water partition coefficient (Wildman–Crippen LogP) is 4.08. The van der Waals surface area contributed by atoms with E-state index in [1.165, 1.54) is 0 Å². The van der Waals surface area contributed by atoms with Crippen LogP contribution in [0.5, 0.6) is 11.5 Å². The molecule has 0 saturated carbocycles. The molecular weight excluding hydrogens is 314 g/mol. The quantitative estimate of drug-likeness (QED) is 0.565. The SMILES string of the molecule is COc1ccccc1-c1ccc2nnc(-c3ccccc3OC)n2c1. The number of aromatic nitrogens is 3. The van der Waals surface area contributed by atoms with Crippen molar-refractivity contribution in [3.8, 4) is 34.0 Å². The van der Waals surface area contributed by atoms with Crippen LogP contribution in [0.4, 0.5) is 0 Å². The monoisotopic (exact) mass is 331 g/mol. The van der Waals surface area contributed by atoms with Gasteiger partial charge in [0.25, 0.3) is 0 Å². The zero-order valence-electron chi connectivity index (χ0n) is 14.0. The maximum Gasteiger partial charge on any atom is 0.172 e. The minimum atomic E-state index is 0.740. The van der Waals surface area contributed by atoms with E-state index in [-0.39, 0.29) is 0 Å². The average Bonchev–Trinajstić information content (AvgIpc) is 3.10. The zero-order valence-corrected chi connectivity index (χ0v) is 14.0. The summed E-state index contributed by atoms with van der Waals surface area (Å²) in [5.74, 6) is 2.33. The normalized spacial score (nSPS) is 10.8. The molecule has 2 heterocycles. The Hall–Kier alpha value is -3.34. The standard InChI is InChI=1S/C20H17N3O2/c1-24-17-9-5-3-7-15(17)14-11-12-19-21-22-20(23(19)13-14)16-8-4-6-10-18(16)25-2/h3-13H,1-2H3. The Bertz CT molecular complexity index is 1040. The van der Waals surface area contributed by atoms with Crippen molar-refractivity contribution in [1.29, 1.82) is 0 Å². The van der Waals surface area contributed by atoms with Gasteiger partial charge in [0.1, 0.15) is 11.5 Å². The molecule has 0 N–H and O–H groups in total. The first-order valence-corrected chi connectivity index (χ1v) is 7.93. The van der Waals surface area contributed by atoms with Crippen LogP contribution in [-0.4, -0.2) is 28.8 Å². The third-order valence-corrected chi connectivity index (χ3v) is 4.17. The molecule has 0 fully saturated rings. The summed E-state index contributed by atoms with van der Waals surface area (Å²) in [7, 11) is 3.33. The minimum Gasteiger partial charge on any atom is -0.496 e. The second-order valence-corrected chi connectivity index (χ2v) is 5.57. The Morgan fingerprint density at radius 2 is 1.36 bits per heavy atom. The van der Waals surface area contributed by atoms with E-state index in [2.05, 4.69) is 10.2 Å². The number of hydrogen-bond acceptors (Lipinski definition) is 4. The van der Waals surface area contributed by atoms with Gasteiger partial charge in [0.15, 0.2) is 11.5 Å². The van der Waals surface area contributed by atoms with Crippen LogP contribution >= 0.6 is 0 Å². The van der Waals surface area contributed by atoms with E-state index in [0.29, 0.717) is 0 Å². The molecule has 5 heteroatoms. The predicted molar refractivity (Wildman–Crippen MR) is 97.0 cm³/mol. The summed E-state index contributed by atoms with van der Waals surface area (Å²) < 4.78 is 12.9. The highest BCUT2D eigenvalue weighted by Gasteiger charge is 2.14. The topological polar surface area (TPSA) is 48.7 Å². The Morgan fingerprint density at radius 3 is 2.08 bits per heavy atom. The molecule has 0 saturated heterocycles. The molecule has 2 aromatic heterocycles. The molecule has 25 heavy (non-hydrogen) atoms. The molecule has 4 aromatic rings. The highest BCUT2D eigenvalue weighted by Crippen LogP contribution is 2.32. The smallest absolute Gasteiger partial charge is 0.172 e. The van der Waals surface area contributed by atoms with E-state index in [0.717, 1.165) is 39.7 Å². The summed E-state index contributed by atoms with van der Waals surface area (Å²) in [4.78, 5) is 0. The Labute approximate surface area is 145 Å². The van der Waals surface area contributed by atoms with Crippen molar-refractivity contribution < 1.29 is 9.47 Å². The molecule has 0 aliphatic rings. The highest BCUT2D eigenvalue weighted by atomic mass is 16.5. The Balaban J connectivity index is 1.92. The van der Waals surface area contributed by atoms with Gasteiger partial charge in [0, 0.05) is 17.3 Å². The Kier molecular flexibility index (Phi) is 3.82. The van der Waals surface area contributed by atoms with Gasteiger partial charge in [-0.3, -0.25) is 4.40 Å². The average molecular weight is 331 g/mol. The number of pyridine rings is 1. The number of fused-ring (bicyclic) bond motifs is 1. The molecule has 5 nitrogen and oxygen atoms in total.